The Kier molecular flexibility index (Phi) is 2.68. The number of hydrogen-bond donors (Lipinski definition) is 0. The van der Waals surface area contributed by atoms with Crippen LogP contribution in [0.15, 0.2) is 24.3 Å². The molecule has 1 aromatic rings. The van der Waals surface area contributed by atoms with Crippen molar-refractivity contribution < 1.29 is 9.31 Å². The third-order valence-corrected chi connectivity index (χ3v) is 5.12. The largest absolute Gasteiger partial charge is 0.495 e. The van der Waals surface area contributed by atoms with E-state index < -0.39 is 0 Å². The first-order valence-corrected chi connectivity index (χ1v) is 7.20. The maximum absolute atomic E-state index is 6.19. The van der Waals surface area contributed by atoms with E-state index in [0.717, 1.165) is 0 Å². The molecule has 1 aromatic carbocycles. The zero-order chi connectivity index (χ0) is 13.9. The van der Waals surface area contributed by atoms with E-state index in [0.29, 0.717) is 5.41 Å². The summed E-state index contributed by atoms with van der Waals surface area (Å²) in [4.78, 5) is 0. The summed E-state index contributed by atoms with van der Waals surface area (Å²) in [5.41, 5.74) is 2.40. The molecule has 2 aliphatic rings. The Balaban J connectivity index is 1.97. The van der Waals surface area contributed by atoms with Gasteiger partial charge in [-0.15, -0.1) is 0 Å². The monoisotopic (exact) mass is 258 g/mol. The van der Waals surface area contributed by atoms with Gasteiger partial charge in [0.15, 0.2) is 0 Å². The van der Waals surface area contributed by atoms with E-state index in [1.165, 1.54) is 23.9 Å². The Morgan fingerprint density at radius 3 is 1.95 bits per heavy atom. The van der Waals surface area contributed by atoms with Crippen LogP contribution in [0.1, 0.15) is 53.0 Å². The first kappa shape index (κ1) is 13.2. The summed E-state index contributed by atoms with van der Waals surface area (Å²) < 4.78 is 12.4. The van der Waals surface area contributed by atoms with Crippen LogP contribution < -0.4 is 5.46 Å². The molecule has 1 aliphatic carbocycles. The molecule has 1 saturated heterocycles. The van der Waals surface area contributed by atoms with Crippen LogP contribution in [0.25, 0.3) is 0 Å². The molecule has 2 nitrogen and oxygen atoms in total. The highest BCUT2D eigenvalue weighted by Crippen LogP contribution is 2.47. The fourth-order valence-corrected chi connectivity index (χ4v) is 2.68. The first-order valence-electron chi connectivity index (χ1n) is 7.20. The van der Waals surface area contributed by atoms with Gasteiger partial charge in [-0.25, -0.2) is 0 Å². The van der Waals surface area contributed by atoms with Crippen LogP contribution in [0, 0.1) is 0 Å². The van der Waals surface area contributed by atoms with Gasteiger partial charge in [0.05, 0.1) is 11.2 Å². The predicted octanol–water partition coefficient (Wildman–Crippen LogP) is 3.04. The molecule has 2 fully saturated rings. The Labute approximate surface area is 116 Å². The van der Waals surface area contributed by atoms with E-state index in [1.54, 1.807) is 0 Å². The van der Waals surface area contributed by atoms with Gasteiger partial charge in [0, 0.05) is 0 Å². The van der Waals surface area contributed by atoms with Crippen molar-refractivity contribution in [2.75, 3.05) is 0 Å². The van der Waals surface area contributed by atoms with Crippen molar-refractivity contribution in [1.29, 1.82) is 0 Å². The van der Waals surface area contributed by atoms with Gasteiger partial charge in [-0.3, -0.25) is 0 Å². The summed E-state index contributed by atoms with van der Waals surface area (Å²) in [6, 6.07) is 8.58. The molecule has 0 spiro atoms. The Morgan fingerprint density at radius 1 is 0.895 bits per heavy atom. The highest BCUT2D eigenvalue weighted by atomic mass is 16.7. The minimum atomic E-state index is -0.269. The van der Waals surface area contributed by atoms with Gasteiger partial charge < -0.3 is 9.31 Å². The summed E-state index contributed by atoms with van der Waals surface area (Å²) >= 11 is 0. The van der Waals surface area contributed by atoms with E-state index in [9.17, 15) is 0 Å². The normalized spacial score (nSPS) is 26.5. The number of rotatable bonds is 2. The zero-order valence-electron chi connectivity index (χ0n) is 12.6. The SMILES string of the molecule is CC1(c2ccccc2B2OC(C)(C)C(C)(C)O2)CC1. The fraction of sp³-hybridized carbons (Fsp3) is 0.625. The van der Waals surface area contributed by atoms with Gasteiger partial charge in [0.1, 0.15) is 0 Å². The molecule has 19 heavy (non-hydrogen) atoms. The molecular formula is C16H23BO2. The molecule has 102 valence electrons. The van der Waals surface area contributed by atoms with Crippen LogP contribution in [0.5, 0.6) is 0 Å². The fourth-order valence-electron chi connectivity index (χ4n) is 2.68. The van der Waals surface area contributed by atoms with Crippen LogP contribution in [0.4, 0.5) is 0 Å². The lowest BCUT2D eigenvalue weighted by atomic mass is 9.72. The molecule has 0 aromatic heterocycles. The Hall–Kier alpha value is -0.795. The highest BCUT2D eigenvalue weighted by Gasteiger charge is 2.53. The predicted molar refractivity (Wildman–Crippen MR) is 78.7 cm³/mol. The van der Waals surface area contributed by atoms with Crippen molar-refractivity contribution in [3.8, 4) is 0 Å². The van der Waals surface area contributed by atoms with E-state index in [2.05, 4.69) is 58.9 Å². The van der Waals surface area contributed by atoms with Crippen molar-refractivity contribution in [3.63, 3.8) is 0 Å². The third-order valence-electron chi connectivity index (χ3n) is 5.12. The van der Waals surface area contributed by atoms with E-state index in [1.807, 2.05) is 0 Å². The molecule has 3 rings (SSSR count). The summed E-state index contributed by atoms with van der Waals surface area (Å²) in [6.45, 7) is 10.8. The topological polar surface area (TPSA) is 18.5 Å². The summed E-state index contributed by atoms with van der Waals surface area (Å²) in [5, 5.41) is 0. The standard InChI is InChI=1S/C16H23BO2/c1-14(2)15(3,4)19-17(18-14)13-9-7-6-8-12(13)16(5)10-11-16/h6-9H,10-11H2,1-5H3. The zero-order valence-corrected chi connectivity index (χ0v) is 12.6. The van der Waals surface area contributed by atoms with Crippen LogP contribution in [-0.4, -0.2) is 18.3 Å². The van der Waals surface area contributed by atoms with Crippen LogP contribution in [0.3, 0.4) is 0 Å². The van der Waals surface area contributed by atoms with Crippen LogP contribution >= 0.6 is 0 Å². The second-order valence-electron chi connectivity index (χ2n) is 7.24. The first-order chi connectivity index (χ1) is 8.75. The van der Waals surface area contributed by atoms with Gasteiger partial charge in [0.25, 0.3) is 0 Å². The maximum Gasteiger partial charge on any atom is 0.495 e. The lowest BCUT2D eigenvalue weighted by Crippen LogP contribution is -2.41. The van der Waals surface area contributed by atoms with Gasteiger partial charge in [0.2, 0.25) is 0 Å². The second-order valence-corrected chi connectivity index (χ2v) is 7.24. The van der Waals surface area contributed by atoms with Gasteiger partial charge in [-0.1, -0.05) is 31.2 Å². The van der Waals surface area contributed by atoms with Crippen LogP contribution in [-0.2, 0) is 14.7 Å². The van der Waals surface area contributed by atoms with Gasteiger partial charge >= 0.3 is 7.12 Å². The highest BCUT2D eigenvalue weighted by molar-refractivity contribution is 6.62. The van der Waals surface area contributed by atoms with E-state index >= 15 is 0 Å². The lowest BCUT2D eigenvalue weighted by molar-refractivity contribution is 0.00578. The second kappa shape index (κ2) is 3.86. The van der Waals surface area contributed by atoms with Gasteiger partial charge in [-0.2, -0.15) is 0 Å². The number of hydrogen-bond acceptors (Lipinski definition) is 2. The molecule has 1 aliphatic heterocycles. The molecule has 0 bridgehead atoms. The summed E-state index contributed by atoms with van der Waals surface area (Å²) in [6.07, 6.45) is 2.53. The molecule has 0 radical (unpaired) electrons. The summed E-state index contributed by atoms with van der Waals surface area (Å²) in [7, 11) is -0.237. The van der Waals surface area contributed by atoms with Crippen molar-refractivity contribution >= 4 is 12.6 Å². The van der Waals surface area contributed by atoms with Crippen molar-refractivity contribution in [2.24, 2.45) is 0 Å². The van der Waals surface area contributed by atoms with E-state index in [4.69, 9.17) is 9.31 Å². The minimum Gasteiger partial charge on any atom is -0.399 e. The van der Waals surface area contributed by atoms with Crippen LogP contribution in [0.2, 0.25) is 0 Å². The Morgan fingerprint density at radius 2 is 1.42 bits per heavy atom. The minimum absolute atomic E-state index is 0.237. The molecular weight excluding hydrogens is 235 g/mol. The molecule has 1 saturated carbocycles. The van der Waals surface area contributed by atoms with E-state index in [-0.39, 0.29) is 18.3 Å². The quantitative estimate of drug-likeness (QED) is 0.759. The average Bonchev–Trinajstić information content (AvgIpc) is 3.02. The maximum atomic E-state index is 6.19. The van der Waals surface area contributed by atoms with Crippen molar-refractivity contribution in [3.05, 3.63) is 29.8 Å². The molecule has 0 atom stereocenters. The molecule has 1 heterocycles. The van der Waals surface area contributed by atoms with Gasteiger partial charge in [-0.05, 0) is 57.0 Å². The molecule has 0 unspecified atom stereocenters. The third kappa shape index (κ3) is 2.04. The lowest BCUT2D eigenvalue weighted by Gasteiger charge is -2.32. The van der Waals surface area contributed by atoms with Crippen molar-refractivity contribution in [1.82, 2.24) is 0 Å². The molecule has 0 N–H and O–H groups in total. The molecule has 3 heteroatoms. The van der Waals surface area contributed by atoms with Crippen molar-refractivity contribution in [2.45, 2.75) is 64.1 Å². The Bertz CT molecular complexity index is 487. The summed E-state index contributed by atoms with van der Waals surface area (Å²) in [5.74, 6) is 0. The smallest absolute Gasteiger partial charge is 0.399 e. The number of benzene rings is 1. The molecule has 0 amide bonds. The average molecular weight is 258 g/mol.